The summed E-state index contributed by atoms with van der Waals surface area (Å²) in [5.74, 6) is 0. The third-order valence-corrected chi connectivity index (χ3v) is 11.0. The van der Waals surface area contributed by atoms with Gasteiger partial charge in [-0.15, -0.1) is 0 Å². The predicted octanol–water partition coefficient (Wildman–Crippen LogP) is 4.13. The molecule has 0 amide bonds. The van der Waals surface area contributed by atoms with Gasteiger partial charge in [0.2, 0.25) is 0 Å². The zero-order valence-corrected chi connectivity index (χ0v) is 16.7. The Bertz CT molecular complexity index is 642. The highest BCUT2D eigenvalue weighted by Gasteiger charge is 2.20. The second-order valence-electron chi connectivity index (χ2n) is 6.63. The van der Waals surface area contributed by atoms with Crippen molar-refractivity contribution in [1.29, 1.82) is 0 Å². The monoisotopic (exact) mass is 337 g/mol. The van der Waals surface area contributed by atoms with Gasteiger partial charge in [-0.05, 0) is 34.3 Å². The van der Waals surface area contributed by atoms with Crippen molar-refractivity contribution in [3.05, 3.63) is 83.9 Å². The van der Waals surface area contributed by atoms with Crippen LogP contribution in [0.25, 0.3) is 12.2 Å². The highest BCUT2D eigenvalue weighted by atomic mass is 28.4. The fraction of sp³-hybridized carbons (Fsp3) is 0.200. The van der Waals surface area contributed by atoms with E-state index in [4.69, 9.17) is 0 Å². The van der Waals surface area contributed by atoms with Gasteiger partial charge in [-0.2, -0.15) is 0 Å². The summed E-state index contributed by atoms with van der Waals surface area (Å²) in [7, 11) is -1.64. The molecule has 0 spiro atoms. The van der Waals surface area contributed by atoms with Crippen molar-refractivity contribution >= 4 is 30.1 Å². The summed E-state index contributed by atoms with van der Waals surface area (Å²) < 4.78 is 3.95. The molecule has 3 heteroatoms. The SMILES string of the molecule is C=Cc1ccc(C[SiH2]N[Si](C)(C)Cc2ccc(C=C)cc2)cc1. The van der Waals surface area contributed by atoms with Gasteiger partial charge in [0.05, 0.1) is 9.68 Å². The summed E-state index contributed by atoms with van der Waals surface area (Å²) in [6.07, 6.45) is 3.79. The molecular weight excluding hydrogens is 310 g/mol. The van der Waals surface area contributed by atoms with E-state index in [1.807, 2.05) is 12.2 Å². The Kier molecular flexibility index (Phi) is 6.33. The summed E-state index contributed by atoms with van der Waals surface area (Å²) in [4.78, 5) is 0. The van der Waals surface area contributed by atoms with Crippen molar-refractivity contribution in [2.24, 2.45) is 0 Å². The lowest BCUT2D eigenvalue weighted by atomic mass is 10.1. The molecule has 0 aliphatic rings. The van der Waals surface area contributed by atoms with E-state index < -0.39 is 8.24 Å². The lowest BCUT2D eigenvalue weighted by Gasteiger charge is -2.24. The Morgan fingerprint density at radius 2 is 1.35 bits per heavy atom. The standard InChI is InChI=1S/C20H27NSi2/c1-5-17-7-11-19(12-8-17)15-22-21-23(3,4)16-20-13-9-18(6-2)10-14-20/h5-14,21H,1-2,15-16,22H2,3-4H3. The van der Waals surface area contributed by atoms with Gasteiger partial charge in [-0.3, -0.25) is 0 Å². The molecule has 2 rings (SSSR count). The van der Waals surface area contributed by atoms with Crippen LogP contribution in [0, 0.1) is 0 Å². The number of hydrogen-bond acceptors (Lipinski definition) is 1. The molecule has 1 nitrogen and oxygen atoms in total. The van der Waals surface area contributed by atoms with Gasteiger partial charge in [0.25, 0.3) is 0 Å². The summed E-state index contributed by atoms with van der Waals surface area (Å²) in [6, 6.07) is 20.0. The Morgan fingerprint density at radius 3 is 1.83 bits per heavy atom. The second-order valence-corrected chi connectivity index (χ2v) is 13.2. The van der Waals surface area contributed by atoms with Crippen LogP contribution in [0.4, 0.5) is 0 Å². The van der Waals surface area contributed by atoms with E-state index in [0.717, 1.165) is 0 Å². The third-order valence-electron chi connectivity index (χ3n) is 4.09. The minimum atomic E-state index is -1.37. The fourth-order valence-electron chi connectivity index (χ4n) is 2.71. The topological polar surface area (TPSA) is 12.0 Å². The van der Waals surface area contributed by atoms with Crippen LogP contribution >= 0.6 is 0 Å². The molecule has 120 valence electrons. The molecular formula is C20H27NSi2. The van der Waals surface area contributed by atoms with Crippen LogP contribution in [0.15, 0.2) is 61.7 Å². The Balaban J connectivity index is 1.84. The first kappa shape index (κ1) is 17.7. The first-order valence-electron chi connectivity index (χ1n) is 8.20. The van der Waals surface area contributed by atoms with Crippen molar-refractivity contribution in [3.63, 3.8) is 0 Å². The maximum Gasteiger partial charge on any atom is 0.116 e. The molecule has 0 saturated heterocycles. The average molecular weight is 338 g/mol. The average Bonchev–Trinajstić information content (AvgIpc) is 2.55. The molecule has 0 aliphatic carbocycles. The molecule has 0 radical (unpaired) electrons. The molecule has 0 saturated carbocycles. The van der Waals surface area contributed by atoms with Crippen molar-refractivity contribution < 1.29 is 0 Å². The smallest absolute Gasteiger partial charge is 0.116 e. The predicted molar refractivity (Wildman–Crippen MR) is 110 cm³/mol. The fourth-order valence-corrected chi connectivity index (χ4v) is 8.30. The summed E-state index contributed by atoms with van der Waals surface area (Å²) in [5, 5.41) is 0. The zero-order valence-electron chi connectivity index (χ0n) is 14.3. The van der Waals surface area contributed by atoms with E-state index in [0.29, 0.717) is 0 Å². The third kappa shape index (κ3) is 5.79. The highest BCUT2D eigenvalue weighted by Crippen LogP contribution is 2.12. The van der Waals surface area contributed by atoms with Crippen LogP contribution in [0.2, 0.25) is 13.1 Å². The normalized spacial score (nSPS) is 11.7. The van der Waals surface area contributed by atoms with E-state index in [9.17, 15) is 0 Å². The number of rotatable bonds is 8. The molecule has 0 aromatic heterocycles. The minimum Gasteiger partial charge on any atom is -0.364 e. The van der Waals surface area contributed by atoms with Crippen LogP contribution in [0.1, 0.15) is 22.3 Å². The van der Waals surface area contributed by atoms with Gasteiger partial charge in [0.1, 0.15) is 8.24 Å². The van der Waals surface area contributed by atoms with Crippen LogP contribution in [0.5, 0.6) is 0 Å². The van der Waals surface area contributed by atoms with E-state index in [1.165, 1.54) is 34.3 Å². The van der Waals surface area contributed by atoms with Crippen LogP contribution in [0.3, 0.4) is 0 Å². The van der Waals surface area contributed by atoms with Gasteiger partial charge in [0, 0.05) is 0 Å². The molecule has 0 bridgehead atoms. The van der Waals surface area contributed by atoms with Gasteiger partial charge in [0.15, 0.2) is 0 Å². The highest BCUT2D eigenvalue weighted by molar-refractivity contribution is 6.80. The summed E-state index contributed by atoms with van der Waals surface area (Å²) in [5.41, 5.74) is 5.26. The molecule has 0 heterocycles. The Labute approximate surface area is 144 Å². The van der Waals surface area contributed by atoms with Crippen molar-refractivity contribution in [2.45, 2.75) is 25.2 Å². The molecule has 2 aromatic rings. The molecule has 1 N–H and O–H groups in total. The number of benzene rings is 2. The lowest BCUT2D eigenvalue weighted by Crippen LogP contribution is -2.49. The van der Waals surface area contributed by atoms with Gasteiger partial charge < -0.3 is 4.65 Å². The van der Waals surface area contributed by atoms with Gasteiger partial charge >= 0.3 is 0 Å². The second kappa shape index (κ2) is 8.25. The van der Waals surface area contributed by atoms with Gasteiger partial charge in [-0.1, -0.05) is 86.9 Å². The molecule has 23 heavy (non-hydrogen) atoms. The van der Waals surface area contributed by atoms with E-state index in [1.54, 1.807) is 0 Å². The van der Waals surface area contributed by atoms with Crippen LogP contribution in [-0.2, 0) is 12.1 Å². The van der Waals surface area contributed by atoms with E-state index >= 15 is 0 Å². The van der Waals surface area contributed by atoms with E-state index in [-0.39, 0.29) is 9.68 Å². The quantitative estimate of drug-likeness (QED) is 0.714. The minimum absolute atomic E-state index is 0.268. The first-order valence-corrected chi connectivity index (χ1v) is 13.1. The van der Waals surface area contributed by atoms with Crippen molar-refractivity contribution in [1.82, 2.24) is 4.65 Å². The maximum atomic E-state index is 3.95. The molecule has 0 fully saturated rings. The first-order chi connectivity index (χ1) is 11.0. The largest absolute Gasteiger partial charge is 0.364 e. The molecule has 0 aliphatic heterocycles. The molecule has 2 aromatic carbocycles. The molecule has 0 unspecified atom stereocenters. The lowest BCUT2D eigenvalue weighted by molar-refractivity contribution is 1.21. The Morgan fingerprint density at radius 1 is 0.870 bits per heavy atom. The van der Waals surface area contributed by atoms with Crippen molar-refractivity contribution in [3.8, 4) is 0 Å². The molecule has 0 atom stereocenters. The number of hydrogen-bond donors (Lipinski definition) is 1. The zero-order chi connectivity index (χ0) is 16.7. The van der Waals surface area contributed by atoms with Crippen LogP contribution < -0.4 is 4.65 Å². The van der Waals surface area contributed by atoms with Gasteiger partial charge in [-0.25, -0.2) is 0 Å². The van der Waals surface area contributed by atoms with Crippen LogP contribution in [-0.4, -0.2) is 17.9 Å². The summed E-state index contributed by atoms with van der Waals surface area (Å²) >= 11 is 0. The number of nitrogens with one attached hydrogen (secondary N) is 1. The maximum absolute atomic E-state index is 3.95. The Hall–Kier alpha value is -1.69. The summed E-state index contributed by atoms with van der Waals surface area (Å²) in [6.45, 7) is 12.5. The van der Waals surface area contributed by atoms with E-state index in [2.05, 4.69) is 79.4 Å². The van der Waals surface area contributed by atoms with Crippen molar-refractivity contribution in [2.75, 3.05) is 0 Å².